The smallest absolute Gasteiger partial charge is 0.000740 e. The van der Waals surface area contributed by atoms with Gasteiger partial charge in [-0.05, 0) is 249 Å². The van der Waals surface area contributed by atoms with Crippen LogP contribution in [0.4, 0.5) is 0 Å². The van der Waals surface area contributed by atoms with Crippen molar-refractivity contribution >= 4 is 43.1 Å². The monoisotopic (exact) mass is 1070 g/mol. The minimum Gasteiger partial charge on any atom is -0.0616 e. The molecule has 0 amide bonds. The molecule has 2 aliphatic rings. The van der Waals surface area contributed by atoms with Crippen molar-refractivity contribution in [2.24, 2.45) is 0 Å². The summed E-state index contributed by atoms with van der Waals surface area (Å²) in [6.07, 6.45) is 0. The first-order valence-corrected chi connectivity index (χ1v) is 30.2. The molecule has 2 aliphatic carbocycles. The first kappa shape index (κ1) is 53.8. The van der Waals surface area contributed by atoms with Gasteiger partial charge in [-0.1, -0.05) is 243 Å². The second kappa shape index (κ2) is 18.0. The van der Waals surface area contributed by atoms with Crippen LogP contribution < -0.4 is 0 Å². The molecule has 0 aromatic heterocycles. The van der Waals surface area contributed by atoms with Crippen LogP contribution in [0.3, 0.4) is 0 Å². The van der Waals surface area contributed by atoms with E-state index >= 15 is 0 Å². The molecule has 0 atom stereocenters. The van der Waals surface area contributed by atoms with E-state index in [4.69, 9.17) is 0 Å². The fraction of sp³-hybridized carbons (Fsp3) is 0.293. The summed E-state index contributed by atoms with van der Waals surface area (Å²) < 4.78 is 0. The molecule has 0 saturated heterocycles. The molecule has 13 rings (SSSR count). The lowest BCUT2D eigenvalue weighted by Gasteiger charge is -2.29. The molecule has 82 heavy (non-hydrogen) atoms. The van der Waals surface area contributed by atoms with Gasteiger partial charge in [-0.25, -0.2) is 0 Å². The van der Waals surface area contributed by atoms with E-state index in [0.717, 1.165) is 0 Å². The standard InChI is InChI=1S/C82H82/c1-45-24-26-50(34-47(45)3)68-60-22-20-21-23-61(60)69(51-27-25-46(2)48(4)35-51)75-63-31-33-65-73-64(32-30-62(72(63)73)74(68)75)76-70(53-37-56(79(8,9)10)43-57(38-53)80(11,12)13)66-41-49-28-29-55(78(5,6)7)36-52(49)42-67(66)71(77(65)76)54-39-58(81(14,15)16)44-59(40-54)82(17,18)19/h20-44H,1-19H3. The van der Waals surface area contributed by atoms with Gasteiger partial charge in [0.15, 0.2) is 0 Å². The maximum Gasteiger partial charge on any atom is -0.000740 e. The zero-order valence-corrected chi connectivity index (χ0v) is 52.4. The van der Waals surface area contributed by atoms with Crippen molar-refractivity contribution in [2.75, 3.05) is 0 Å². The van der Waals surface area contributed by atoms with Crippen LogP contribution in [0.5, 0.6) is 0 Å². The molecule has 11 aromatic rings. The number of rotatable bonds is 4. The Morgan fingerprint density at radius 2 is 0.549 bits per heavy atom. The molecule has 0 N–H and O–H groups in total. The van der Waals surface area contributed by atoms with Gasteiger partial charge in [-0.3, -0.25) is 0 Å². The summed E-state index contributed by atoms with van der Waals surface area (Å²) in [5.41, 5.74) is 32.8. The fourth-order valence-corrected chi connectivity index (χ4v) is 13.8. The zero-order valence-electron chi connectivity index (χ0n) is 52.4. The summed E-state index contributed by atoms with van der Waals surface area (Å²) in [4.78, 5) is 0. The van der Waals surface area contributed by atoms with Crippen molar-refractivity contribution in [3.05, 3.63) is 202 Å². The van der Waals surface area contributed by atoms with Crippen LogP contribution in [0.25, 0.3) is 132 Å². The van der Waals surface area contributed by atoms with E-state index in [1.165, 1.54) is 182 Å². The Balaban J connectivity index is 1.26. The van der Waals surface area contributed by atoms with Gasteiger partial charge in [0.25, 0.3) is 0 Å². The van der Waals surface area contributed by atoms with Crippen LogP contribution in [0.15, 0.2) is 152 Å². The summed E-state index contributed by atoms with van der Waals surface area (Å²) in [7, 11) is 0. The van der Waals surface area contributed by atoms with E-state index < -0.39 is 0 Å². The molecule has 11 aromatic carbocycles. The van der Waals surface area contributed by atoms with Gasteiger partial charge in [0.1, 0.15) is 0 Å². The Hall–Kier alpha value is -7.54. The van der Waals surface area contributed by atoms with E-state index in [-0.39, 0.29) is 27.1 Å². The first-order valence-electron chi connectivity index (χ1n) is 30.2. The predicted octanol–water partition coefficient (Wildman–Crippen LogP) is 24.0. The normalized spacial score (nSPS) is 13.3. The fourth-order valence-electron chi connectivity index (χ4n) is 13.8. The molecule has 0 heterocycles. The number of aryl methyl sites for hydroxylation is 4. The molecule has 410 valence electrons. The van der Waals surface area contributed by atoms with Crippen molar-refractivity contribution in [1.29, 1.82) is 0 Å². The highest BCUT2D eigenvalue weighted by Crippen LogP contribution is 2.65. The number of hydrogen-bond donors (Lipinski definition) is 0. The predicted molar refractivity (Wildman–Crippen MR) is 360 cm³/mol. The highest BCUT2D eigenvalue weighted by atomic mass is 14.4. The molecule has 0 nitrogen and oxygen atoms in total. The highest BCUT2D eigenvalue weighted by Gasteiger charge is 2.38. The zero-order chi connectivity index (χ0) is 58.2. The Labute approximate surface area is 489 Å². The third-order valence-electron chi connectivity index (χ3n) is 19.1. The van der Waals surface area contributed by atoms with Crippen LogP contribution >= 0.6 is 0 Å². The van der Waals surface area contributed by atoms with Crippen molar-refractivity contribution in [2.45, 2.75) is 159 Å². The minimum absolute atomic E-state index is 0.00678. The van der Waals surface area contributed by atoms with Crippen molar-refractivity contribution < 1.29 is 0 Å². The summed E-state index contributed by atoms with van der Waals surface area (Å²) in [5, 5.41) is 10.5. The lowest BCUT2D eigenvalue weighted by molar-refractivity contribution is 0.568. The second-order valence-electron chi connectivity index (χ2n) is 30.0. The van der Waals surface area contributed by atoms with Crippen molar-refractivity contribution in [1.82, 2.24) is 0 Å². The van der Waals surface area contributed by atoms with Gasteiger partial charge in [-0.2, -0.15) is 0 Å². The van der Waals surface area contributed by atoms with Crippen LogP contribution in [-0.2, 0) is 27.1 Å². The molecule has 0 fully saturated rings. The van der Waals surface area contributed by atoms with Gasteiger partial charge in [0.2, 0.25) is 0 Å². The average molecular weight is 1070 g/mol. The van der Waals surface area contributed by atoms with E-state index in [1.807, 2.05) is 0 Å². The molecule has 0 bridgehead atoms. The molecule has 0 spiro atoms. The average Bonchev–Trinajstić information content (AvgIpc) is 1.76. The lowest BCUT2D eigenvalue weighted by Crippen LogP contribution is -2.17. The molecular weight excluding hydrogens is 985 g/mol. The topological polar surface area (TPSA) is 0 Å². The third-order valence-corrected chi connectivity index (χ3v) is 19.1. The Morgan fingerprint density at radius 1 is 0.220 bits per heavy atom. The van der Waals surface area contributed by atoms with Crippen LogP contribution in [0.1, 0.15) is 154 Å². The SMILES string of the molecule is Cc1ccc(-c2c3c(c(-c4ccc(C)c(C)c4)c4ccccc24)-c2ccc4c5c(ccc-3c25)-c2c-4c(-c3cc(C(C)(C)C)cc(C(C)(C)C)c3)c3cc4cc(C(C)(C)C)ccc4cc3c2-c2cc(C(C)(C)C)cc(C(C)(C)C)c2)cc1C. The Bertz CT molecular complexity index is 4410. The first-order chi connectivity index (χ1) is 38.5. The summed E-state index contributed by atoms with van der Waals surface area (Å²) in [6.45, 7) is 44.7. The quantitative estimate of drug-likeness (QED) is 0.154. The van der Waals surface area contributed by atoms with Gasteiger partial charge in [0.05, 0.1) is 0 Å². The van der Waals surface area contributed by atoms with Crippen LogP contribution in [-0.4, -0.2) is 0 Å². The number of benzene rings is 11. The molecule has 0 aliphatic heterocycles. The van der Waals surface area contributed by atoms with Gasteiger partial charge in [-0.15, -0.1) is 0 Å². The number of hydrogen-bond acceptors (Lipinski definition) is 0. The van der Waals surface area contributed by atoms with Crippen LogP contribution in [0.2, 0.25) is 0 Å². The maximum absolute atomic E-state index is 2.59. The molecule has 0 unspecified atom stereocenters. The maximum atomic E-state index is 2.59. The van der Waals surface area contributed by atoms with Crippen molar-refractivity contribution in [3.8, 4) is 89.0 Å². The van der Waals surface area contributed by atoms with E-state index in [1.54, 1.807) is 0 Å². The summed E-state index contributed by atoms with van der Waals surface area (Å²) in [6, 6.07) is 61.3. The van der Waals surface area contributed by atoms with Gasteiger partial charge < -0.3 is 0 Å². The number of fused-ring (bicyclic) bond motifs is 9. The largest absolute Gasteiger partial charge is 0.0616 e. The summed E-state index contributed by atoms with van der Waals surface area (Å²) in [5.74, 6) is 0. The molecule has 0 heteroatoms. The lowest BCUT2D eigenvalue weighted by atomic mass is 9.75. The van der Waals surface area contributed by atoms with Gasteiger partial charge >= 0.3 is 0 Å². The van der Waals surface area contributed by atoms with Crippen molar-refractivity contribution in [3.63, 3.8) is 0 Å². The molecule has 0 radical (unpaired) electrons. The van der Waals surface area contributed by atoms with Crippen LogP contribution in [0, 0.1) is 27.7 Å². The van der Waals surface area contributed by atoms with E-state index in [9.17, 15) is 0 Å². The van der Waals surface area contributed by atoms with E-state index in [0.29, 0.717) is 0 Å². The second-order valence-corrected chi connectivity index (χ2v) is 30.0. The third kappa shape index (κ3) is 8.35. The van der Waals surface area contributed by atoms with E-state index in [2.05, 4.69) is 283 Å². The van der Waals surface area contributed by atoms with Gasteiger partial charge in [0, 0.05) is 0 Å². The Kier molecular flexibility index (Phi) is 11.8. The molecular formula is C82H82. The highest BCUT2D eigenvalue weighted by molar-refractivity contribution is 6.35. The molecule has 0 saturated carbocycles. The summed E-state index contributed by atoms with van der Waals surface area (Å²) >= 11 is 0. The minimum atomic E-state index is -0.0811. The Morgan fingerprint density at radius 3 is 0.878 bits per heavy atom.